The third-order valence-corrected chi connectivity index (χ3v) is 4.37. The maximum absolute atomic E-state index is 13.8. The molecule has 3 N–H and O–H groups in total. The first kappa shape index (κ1) is 15.4. The molecule has 5 heteroatoms. The number of hydrazine groups is 1. The minimum atomic E-state index is -0.438. The first-order valence-electron chi connectivity index (χ1n) is 7.06. The molecule has 1 aliphatic carbocycles. The van der Waals surface area contributed by atoms with Gasteiger partial charge in [0, 0.05) is 7.11 Å². The number of benzene rings is 1. The first-order valence-corrected chi connectivity index (χ1v) is 7.06. The van der Waals surface area contributed by atoms with E-state index in [9.17, 15) is 8.78 Å². The summed E-state index contributed by atoms with van der Waals surface area (Å²) in [5, 5.41) is 0. The summed E-state index contributed by atoms with van der Waals surface area (Å²) in [4.78, 5) is 0. The fourth-order valence-corrected chi connectivity index (χ4v) is 3.16. The van der Waals surface area contributed by atoms with E-state index in [0.717, 1.165) is 37.8 Å². The van der Waals surface area contributed by atoms with E-state index in [0.29, 0.717) is 12.0 Å². The molecule has 1 fully saturated rings. The van der Waals surface area contributed by atoms with Crippen molar-refractivity contribution in [3.8, 4) is 0 Å². The van der Waals surface area contributed by atoms with Crippen LogP contribution in [0.3, 0.4) is 0 Å². The van der Waals surface area contributed by atoms with Gasteiger partial charge in [-0.15, -0.1) is 0 Å². The first-order chi connectivity index (χ1) is 9.61. The van der Waals surface area contributed by atoms with Crippen molar-refractivity contribution < 1.29 is 13.5 Å². The summed E-state index contributed by atoms with van der Waals surface area (Å²) < 4.78 is 32.8. The number of hydrogen-bond acceptors (Lipinski definition) is 3. The second kappa shape index (κ2) is 6.61. The van der Waals surface area contributed by atoms with Gasteiger partial charge in [0.2, 0.25) is 0 Å². The molecule has 0 radical (unpaired) electrons. The Labute approximate surface area is 118 Å². The molecular formula is C15H22F2N2O. The highest BCUT2D eigenvalue weighted by atomic mass is 19.1. The fourth-order valence-electron chi connectivity index (χ4n) is 3.16. The van der Waals surface area contributed by atoms with Crippen LogP contribution >= 0.6 is 0 Å². The van der Waals surface area contributed by atoms with Crippen molar-refractivity contribution in [2.45, 2.75) is 50.2 Å². The van der Waals surface area contributed by atoms with Gasteiger partial charge in [-0.25, -0.2) is 8.78 Å². The molecule has 0 saturated heterocycles. The number of hydrogen-bond donors (Lipinski definition) is 2. The lowest BCUT2D eigenvalue weighted by molar-refractivity contribution is -0.0675. The fraction of sp³-hybridized carbons (Fsp3) is 0.600. The van der Waals surface area contributed by atoms with Crippen molar-refractivity contribution in [2.75, 3.05) is 7.11 Å². The molecule has 0 aliphatic heterocycles. The Morgan fingerprint density at radius 1 is 1.30 bits per heavy atom. The largest absolute Gasteiger partial charge is 0.377 e. The van der Waals surface area contributed by atoms with Gasteiger partial charge >= 0.3 is 0 Å². The standard InChI is InChI=1S/C15H22F2N2O/c1-20-15(7-3-2-4-8-15)14(19-18)10-11-9-12(16)5-6-13(11)17/h5-6,9,14,19H,2-4,7-8,10,18H2,1H3. The minimum absolute atomic E-state index is 0.232. The number of rotatable bonds is 5. The van der Waals surface area contributed by atoms with Crippen molar-refractivity contribution in [1.82, 2.24) is 5.43 Å². The van der Waals surface area contributed by atoms with E-state index in [2.05, 4.69) is 5.43 Å². The quantitative estimate of drug-likeness (QED) is 0.645. The zero-order chi connectivity index (χ0) is 14.6. The summed E-state index contributed by atoms with van der Waals surface area (Å²) in [6, 6.07) is 3.27. The molecule has 1 unspecified atom stereocenters. The van der Waals surface area contributed by atoms with Crippen LogP contribution in [0.15, 0.2) is 18.2 Å². The van der Waals surface area contributed by atoms with Crippen LogP contribution in [-0.2, 0) is 11.2 Å². The van der Waals surface area contributed by atoms with Crippen molar-refractivity contribution in [2.24, 2.45) is 5.84 Å². The summed E-state index contributed by atoms with van der Waals surface area (Å²) in [7, 11) is 1.66. The number of methoxy groups -OCH3 is 1. The molecule has 0 heterocycles. The van der Waals surface area contributed by atoms with Crippen LogP contribution < -0.4 is 11.3 Å². The number of nitrogens with two attached hydrogens (primary N) is 1. The highest BCUT2D eigenvalue weighted by molar-refractivity contribution is 5.21. The Balaban J connectivity index is 2.21. The maximum Gasteiger partial charge on any atom is 0.126 e. The third-order valence-electron chi connectivity index (χ3n) is 4.37. The summed E-state index contributed by atoms with van der Waals surface area (Å²) in [6.45, 7) is 0. The molecule has 1 aromatic carbocycles. The Kier molecular flexibility index (Phi) is 5.07. The van der Waals surface area contributed by atoms with E-state index >= 15 is 0 Å². The molecule has 112 valence electrons. The van der Waals surface area contributed by atoms with Crippen molar-refractivity contribution in [1.29, 1.82) is 0 Å². The van der Waals surface area contributed by atoms with Crippen LogP contribution in [0, 0.1) is 11.6 Å². The lowest BCUT2D eigenvalue weighted by Crippen LogP contribution is -2.56. The molecule has 1 atom stereocenters. The molecule has 0 aromatic heterocycles. The predicted molar refractivity (Wildman–Crippen MR) is 74.0 cm³/mol. The second-order valence-electron chi connectivity index (χ2n) is 5.49. The Hall–Kier alpha value is -1.04. The summed E-state index contributed by atoms with van der Waals surface area (Å²) >= 11 is 0. The van der Waals surface area contributed by atoms with Crippen molar-refractivity contribution in [3.05, 3.63) is 35.4 Å². The number of ether oxygens (including phenoxy) is 1. The number of halogens is 2. The lowest BCUT2D eigenvalue weighted by atomic mass is 9.77. The monoisotopic (exact) mass is 284 g/mol. The lowest BCUT2D eigenvalue weighted by Gasteiger charge is -2.42. The van der Waals surface area contributed by atoms with E-state index in [1.807, 2.05) is 0 Å². The summed E-state index contributed by atoms with van der Waals surface area (Å²) in [5.74, 6) is 4.81. The van der Waals surface area contributed by atoms with Crippen molar-refractivity contribution in [3.63, 3.8) is 0 Å². The van der Waals surface area contributed by atoms with Crippen LogP contribution in [0.25, 0.3) is 0 Å². The van der Waals surface area contributed by atoms with Crippen LogP contribution in [0.2, 0.25) is 0 Å². The molecule has 0 bridgehead atoms. The SMILES string of the molecule is COC1(C(Cc2cc(F)ccc2F)NN)CCCCC1. The average Bonchev–Trinajstić information content (AvgIpc) is 2.48. The van der Waals surface area contributed by atoms with Crippen molar-refractivity contribution >= 4 is 0 Å². The van der Waals surface area contributed by atoms with Crippen LogP contribution in [-0.4, -0.2) is 18.8 Å². The molecule has 1 saturated carbocycles. The van der Waals surface area contributed by atoms with E-state index in [4.69, 9.17) is 10.6 Å². The van der Waals surface area contributed by atoms with Gasteiger partial charge in [0.1, 0.15) is 11.6 Å². The topological polar surface area (TPSA) is 47.3 Å². The minimum Gasteiger partial charge on any atom is -0.377 e. The van der Waals surface area contributed by atoms with Gasteiger partial charge in [-0.05, 0) is 43.0 Å². The van der Waals surface area contributed by atoms with Gasteiger partial charge in [-0.3, -0.25) is 11.3 Å². The van der Waals surface area contributed by atoms with E-state index in [1.54, 1.807) is 7.11 Å². The van der Waals surface area contributed by atoms with E-state index in [-0.39, 0.29) is 6.04 Å². The van der Waals surface area contributed by atoms with Gasteiger partial charge in [-0.1, -0.05) is 19.3 Å². The molecule has 0 amide bonds. The Bertz CT molecular complexity index is 447. The Morgan fingerprint density at radius 3 is 2.60 bits per heavy atom. The van der Waals surface area contributed by atoms with Gasteiger partial charge in [-0.2, -0.15) is 0 Å². The highest BCUT2D eigenvalue weighted by Gasteiger charge is 2.39. The maximum atomic E-state index is 13.8. The normalized spacial score (nSPS) is 19.8. The van der Waals surface area contributed by atoms with Gasteiger partial charge in [0.05, 0.1) is 11.6 Å². The van der Waals surface area contributed by atoms with Gasteiger partial charge in [0.25, 0.3) is 0 Å². The van der Waals surface area contributed by atoms with E-state index < -0.39 is 17.2 Å². The zero-order valence-electron chi connectivity index (χ0n) is 11.8. The van der Waals surface area contributed by atoms with E-state index in [1.165, 1.54) is 12.5 Å². The number of nitrogens with one attached hydrogen (secondary N) is 1. The molecule has 20 heavy (non-hydrogen) atoms. The highest BCUT2D eigenvalue weighted by Crippen LogP contribution is 2.35. The van der Waals surface area contributed by atoms with Crippen LogP contribution in [0.5, 0.6) is 0 Å². The molecule has 1 aliphatic rings. The molecule has 3 nitrogen and oxygen atoms in total. The summed E-state index contributed by atoms with van der Waals surface area (Å²) in [5.41, 5.74) is 2.68. The van der Waals surface area contributed by atoms with Gasteiger partial charge in [0.15, 0.2) is 0 Å². The smallest absolute Gasteiger partial charge is 0.126 e. The third kappa shape index (κ3) is 3.16. The van der Waals surface area contributed by atoms with Gasteiger partial charge < -0.3 is 4.74 Å². The second-order valence-corrected chi connectivity index (χ2v) is 5.49. The van der Waals surface area contributed by atoms with Crippen LogP contribution in [0.1, 0.15) is 37.7 Å². The molecule has 2 rings (SSSR count). The Morgan fingerprint density at radius 2 is 2.00 bits per heavy atom. The summed E-state index contributed by atoms with van der Waals surface area (Å²) in [6.07, 6.45) is 5.39. The molecular weight excluding hydrogens is 262 g/mol. The molecule has 1 aromatic rings. The average molecular weight is 284 g/mol. The predicted octanol–water partition coefficient (Wildman–Crippen LogP) is 2.69. The van der Waals surface area contributed by atoms with Crippen LogP contribution in [0.4, 0.5) is 8.78 Å². The molecule has 0 spiro atoms. The zero-order valence-corrected chi connectivity index (χ0v) is 11.8.